The molecule has 0 aromatic rings. The third-order valence-corrected chi connectivity index (χ3v) is 1.41. The summed E-state index contributed by atoms with van der Waals surface area (Å²) in [4.78, 5) is 14.8. The van der Waals surface area contributed by atoms with E-state index < -0.39 is 0 Å². The molecule has 0 amide bonds. The summed E-state index contributed by atoms with van der Waals surface area (Å²) in [6.07, 6.45) is 0.911. The van der Waals surface area contributed by atoms with Crippen LogP contribution in [0.4, 0.5) is 0 Å². The molecular formula is C7H11NO2. The van der Waals surface area contributed by atoms with E-state index in [0.717, 1.165) is 6.42 Å². The molecule has 3 nitrogen and oxygen atoms in total. The van der Waals surface area contributed by atoms with Gasteiger partial charge in [-0.25, -0.2) is 4.79 Å². The van der Waals surface area contributed by atoms with Gasteiger partial charge in [0.15, 0.2) is 0 Å². The highest BCUT2D eigenvalue weighted by Crippen LogP contribution is 2.16. The fourth-order valence-corrected chi connectivity index (χ4v) is 0.809. The number of carbonyl (C=O) groups is 1. The van der Waals surface area contributed by atoms with Crippen LogP contribution in [-0.4, -0.2) is 24.3 Å². The first-order valence-corrected chi connectivity index (χ1v) is 3.54. The lowest BCUT2D eigenvalue weighted by Gasteiger charge is -1.94. The van der Waals surface area contributed by atoms with Crippen molar-refractivity contribution in [3.05, 3.63) is 0 Å². The van der Waals surface area contributed by atoms with E-state index in [0.29, 0.717) is 12.3 Å². The predicted molar refractivity (Wildman–Crippen MR) is 38.1 cm³/mol. The van der Waals surface area contributed by atoms with Gasteiger partial charge in [0.05, 0.1) is 12.6 Å². The molecule has 0 fully saturated rings. The molecule has 0 N–H and O–H groups in total. The zero-order chi connectivity index (χ0) is 7.56. The molecule has 56 valence electrons. The Balaban J connectivity index is 2.26. The highest BCUT2D eigenvalue weighted by atomic mass is 16.5. The third kappa shape index (κ3) is 1.35. The van der Waals surface area contributed by atoms with Gasteiger partial charge in [-0.1, -0.05) is 6.92 Å². The molecule has 0 saturated carbocycles. The molecule has 1 rings (SSSR count). The summed E-state index contributed by atoms with van der Waals surface area (Å²) < 4.78 is 4.73. The molecule has 1 aliphatic rings. The van der Waals surface area contributed by atoms with Crippen molar-refractivity contribution in [3.8, 4) is 0 Å². The summed E-state index contributed by atoms with van der Waals surface area (Å²) in [5.41, 5.74) is 0.615. The Bertz CT molecular complexity index is 174. The molecule has 0 spiro atoms. The molecule has 0 saturated heterocycles. The normalized spacial score (nSPS) is 21.8. The van der Waals surface area contributed by atoms with E-state index in [1.165, 1.54) is 0 Å². The molecule has 0 aromatic heterocycles. The van der Waals surface area contributed by atoms with E-state index in [1.807, 2.05) is 6.92 Å². The second kappa shape index (κ2) is 2.82. The SMILES string of the molecule is CCOC(=O)C1=NC1CC. The van der Waals surface area contributed by atoms with Crippen LogP contribution >= 0.6 is 0 Å². The summed E-state index contributed by atoms with van der Waals surface area (Å²) in [6.45, 7) is 4.23. The maximum absolute atomic E-state index is 10.8. The van der Waals surface area contributed by atoms with Crippen LogP contribution in [0.25, 0.3) is 0 Å². The van der Waals surface area contributed by atoms with Crippen LogP contribution in [-0.2, 0) is 9.53 Å². The lowest BCUT2D eigenvalue weighted by atomic mass is 10.2. The Hall–Kier alpha value is -0.860. The van der Waals surface area contributed by atoms with E-state index in [2.05, 4.69) is 4.99 Å². The second-order valence-electron chi connectivity index (χ2n) is 2.16. The summed E-state index contributed by atoms with van der Waals surface area (Å²) in [7, 11) is 0. The number of hydrogen-bond acceptors (Lipinski definition) is 3. The van der Waals surface area contributed by atoms with Crippen molar-refractivity contribution in [1.29, 1.82) is 0 Å². The first-order chi connectivity index (χ1) is 4.79. The fourth-order valence-electron chi connectivity index (χ4n) is 0.809. The lowest BCUT2D eigenvalue weighted by molar-refractivity contribution is -0.134. The number of nitrogens with zero attached hydrogens (tertiary/aromatic N) is 1. The molecule has 1 unspecified atom stereocenters. The Labute approximate surface area is 60.1 Å². The molecule has 0 aliphatic carbocycles. The van der Waals surface area contributed by atoms with Crippen LogP contribution in [0.3, 0.4) is 0 Å². The van der Waals surface area contributed by atoms with Gasteiger partial charge in [0.2, 0.25) is 0 Å². The van der Waals surface area contributed by atoms with Crippen molar-refractivity contribution in [3.63, 3.8) is 0 Å². The van der Waals surface area contributed by atoms with Crippen molar-refractivity contribution in [2.45, 2.75) is 26.3 Å². The Morgan fingerprint density at radius 1 is 1.70 bits per heavy atom. The maximum Gasteiger partial charge on any atom is 0.354 e. The molecule has 1 aliphatic heterocycles. The molecule has 3 heteroatoms. The Kier molecular flexibility index (Phi) is 2.04. The molecule has 0 bridgehead atoms. The first kappa shape index (κ1) is 7.25. The molecule has 1 atom stereocenters. The van der Waals surface area contributed by atoms with Gasteiger partial charge in [0.1, 0.15) is 5.71 Å². The maximum atomic E-state index is 10.8. The quantitative estimate of drug-likeness (QED) is 0.545. The van der Waals surface area contributed by atoms with Gasteiger partial charge < -0.3 is 4.74 Å². The lowest BCUT2D eigenvalue weighted by Crippen LogP contribution is -2.13. The van der Waals surface area contributed by atoms with Gasteiger partial charge in [-0.05, 0) is 13.3 Å². The predicted octanol–water partition coefficient (Wildman–Crippen LogP) is 0.783. The van der Waals surface area contributed by atoms with E-state index in [-0.39, 0.29) is 12.0 Å². The summed E-state index contributed by atoms with van der Waals surface area (Å²) in [6, 6.07) is 0.166. The van der Waals surface area contributed by atoms with Crippen molar-refractivity contribution in [1.82, 2.24) is 0 Å². The van der Waals surface area contributed by atoms with Crippen LogP contribution in [0.5, 0.6) is 0 Å². The zero-order valence-electron chi connectivity index (χ0n) is 6.26. The van der Waals surface area contributed by atoms with Crippen LogP contribution < -0.4 is 0 Å². The van der Waals surface area contributed by atoms with Crippen molar-refractivity contribution in [2.75, 3.05) is 6.61 Å². The number of hydrogen-bond donors (Lipinski definition) is 0. The van der Waals surface area contributed by atoms with Gasteiger partial charge in [-0.3, -0.25) is 4.99 Å². The van der Waals surface area contributed by atoms with Crippen LogP contribution in [0.15, 0.2) is 4.99 Å². The van der Waals surface area contributed by atoms with E-state index >= 15 is 0 Å². The average Bonchev–Trinajstić information content (AvgIpc) is 2.66. The Morgan fingerprint density at radius 2 is 2.40 bits per heavy atom. The number of ether oxygens (including phenoxy) is 1. The number of carbonyl (C=O) groups excluding carboxylic acids is 1. The van der Waals surface area contributed by atoms with Gasteiger partial charge in [-0.15, -0.1) is 0 Å². The largest absolute Gasteiger partial charge is 0.461 e. The Morgan fingerprint density at radius 3 is 2.80 bits per heavy atom. The monoisotopic (exact) mass is 141 g/mol. The van der Waals surface area contributed by atoms with E-state index in [1.54, 1.807) is 6.92 Å². The summed E-state index contributed by atoms with van der Waals surface area (Å²) >= 11 is 0. The molecule has 10 heavy (non-hydrogen) atoms. The number of rotatable bonds is 3. The van der Waals surface area contributed by atoms with Crippen LogP contribution in [0, 0.1) is 0 Å². The number of aliphatic imine (C=N–C) groups is 1. The minimum Gasteiger partial charge on any atom is -0.461 e. The van der Waals surface area contributed by atoms with Crippen molar-refractivity contribution >= 4 is 11.7 Å². The summed E-state index contributed by atoms with van der Waals surface area (Å²) in [5, 5.41) is 0. The summed E-state index contributed by atoms with van der Waals surface area (Å²) in [5.74, 6) is -0.241. The highest BCUT2D eigenvalue weighted by Gasteiger charge is 2.33. The number of esters is 1. The minimum atomic E-state index is -0.241. The van der Waals surface area contributed by atoms with Crippen LogP contribution in [0.2, 0.25) is 0 Å². The molecular weight excluding hydrogens is 130 g/mol. The van der Waals surface area contributed by atoms with Gasteiger partial charge in [0, 0.05) is 0 Å². The van der Waals surface area contributed by atoms with Crippen molar-refractivity contribution < 1.29 is 9.53 Å². The second-order valence-corrected chi connectivity index (χ2v) is 2.16. The molecule has 0 aromatic carbocycles. The third-order valence-electron chi connectivity index (χ3n) is 1.41. The van der Waals surface area contributed by atoms with Gasteiger partial charge >= 0.3 is 5.97 Å². The molecule has 1 heterocycles. The average molecular weight is 141 g/mol. The van der Waals surface area contributed by atoms with Gasteiger partial charge in [0.25, 0.3) is 0 Å². The minimum absolute atomic E-state index is 0.166. The zero-order valence-corrected chi connectivity index (χ0v) is 6.26. The van der Waals surface area contributed by atoms with Crippen LogP contribution in [0.1, 0.15) is 20.3 Å². The highest BCUT2D eigenvalue weighted by molar-refractivity contribution is 6.44. The molecule has 0 radical (unpaired) electrons. The van der Waals surface area contributed by atoms with E-state index in [9.17, 15) is 4.79 Å². The fraction of sp³-hybridized carbons (Fsp3) is 0.714. The smallest absolute Gasteiger partial charge is 0.354 e. The van der Waals surface area contributed by atoms with E-state index in [4.69, 9.17) is 4.74 Å². The first-order valence-electron chi connectivity index (χ1n) is 3.54. The topological polar surface area (TPSA) is 38.7 Å². The standard InChI is InChI=1S/C7H11NO2/c1-3-5-6(8-5)7(9)10-4-2/h5H,3-4H2,1-2H3. The van der Waals surface area contributed by atoms with Crippen molar-refractivity contribution in [2.24, 2.45) is 4.99 Å². The van der Waals surface area contributed by atoms with Gasteiger partial charge in [-0.2, -0.15) is 0 Å².